The Hall–Kier alpha value is -3.85. The van der Waals surface area contributed by atoms with Crippen molar-refractivity contribution in [2.45, 2.75) is 36.7 Å². The van der Waals surface area contributed by atoms with E-state index in [1.807, 2.05) is 24.3 Å². The molecule has 5 rings (SSSR count). The zero-order chi connectivity index (χ0) is 26.0. The number of amides is 1. The summed E-state index contributed by atoms with van der Waals surface area (Å²) in [4.78, 5) is 27.0. The number of rotatable bonds is 6. The van der Waals surface area contributed by atoms with Crippen LogP contribution in [0.3, 0.4) is 0 Å². The van der Waals surface area contributed by atoms with Crippen LogP contribution in [-0.2, 0) is 37.2 Å². The Morgan fingerprint density at radius 2 is 1.68 bits per heavy atom. The Balaban J connectivity index is 1.28. The van der Waals surface area contributed by atoms with Crippen LogP contribution in [0.25, 0.3) is 0 Å². The van der Waals surface area contributed by atoms with Crippen LogP contribution in [0.5, 0.6) is 5.75 Å². The van der Waals surface area contributed by atoms with Crippen LogP contribution in [0.4, 0.5) is 11.4 Å². The Labute approximate surface area is 216 Å². The number of carbonyl (C=O) groups is 2. The van der Waals surface area contributed by atoms with Crippen molar-refractivity contribution in [2.24, 2.45) is 0 Å². The standard InChI is InChI=1S/C28H28N2O6S/c1-35-28(32)26-19-29(24-10-4-5-11-25(24)36-26)27(31)17-14-20-12-15-22(16-13-20)37(33,34)30-18-6-8-21-7-2-3-9-23(21)30/h2-5,7,9-13,15-16,26H,6,8,14,17-19H2,1H3. The van der Waals surface area contributed by atoms with Gasteiger partial charge in [0.2, 0.25) is 12.0 Å². The molecule has 0 spiro atoms. The number of esters is 1. The highest BCUT2D eigenvalue weighted by Crippen LogP contribution is 2.34. The van der Waals surface area contributed by atoms with E-state index in [9.17, 15) is 18.0 Å². The smallest absolute Gasteiger partial charge is 0.348 e. The predicted octanol–water partition coefficient (Wildman–Crippen LogP) is 3.73. The van der Waals surface area contributed by atoms with Gasteiger partial charge in [0.1, 0.15) is 5.75 Å². The maximum Gasteiger partial charge on any atom is 0.348 e. The molecule has 2 aliphatic rings. The van der Waals surface area contributed by atoms with E-state index in [0.717, 1.165) is 29.7 Å². The molecule has 0 saturated carbocycles. The van der Waals surface area contributed by atoms with Crippen LogP contribution in [0, 0.1) is 0 Å². The lowest BCUT2D eigenvalue weighted by atomic mass is 10.0. The maximum atomic E-state index is 13.4. The van der Waals surface area contributed by atoms with Gasteiger partial charge in [0.15, 0.2) is 0 Å². The zero-order valence-corrected chi connectivity index (χ0v) is 21.3. The van der Waals surface area contributed by atoms with Gasteiger partial charge in [0.25, 0.3) is 10.0 Å². The van der Waals surface area contributed by atoms with Crippen LogP contribution in [0.15, 0.2) is 77.7 Å². The van der Waals surface area contributed by atoms with E-state index in [1.54, 1.807) is 53.4 Å². The number of para-hydroxylation sites is 3. The molecular formula is C28H28N2O6S. The van der Waals surface area contributed by atoms with Crippen molar-refractivity contribution in [2.75, 3.05) is 29.4 Å². The Bertz CT molecular complexity index is 1420. The van der Waals surface area contributed by atoms with E-state index < -0.39 is 22.1 Å². The fraction of sp³-hybridized carbons (Fsp3) is 0.286. The van der Waals surface area contributed by atoms with E-state index in [2.05, 4.69) is 0 Å². The minimum absolute atomic E-state index is 0.0665. The van der Waals surface area contributed by atoms with Gasteiger partial charge in [-0.2, -0.15) is 0 Å². The summed E-state index contributed by atoms with van der Waals surface area (Å²) in [5.41, 5.74) is 3.22. The molecule has 9 heteroatoms. The van der Waals surface area contributed by atoms with Gasteiger partial charge in [0.05, 0.1) is 29.9 Å². The number of nitrogens with zero attached hydrogens (tertiary/aromatic N) is 2. The van der Waals surface area contributed by atoms with Crippen LogP contribution >= 0.6 is 0 Å². The molecule has 1 amide bonds. The molecule has 2 heterocycles. The van der Waals surface area contributed by atoms with Crippen molar-refractivity contribution in [3.63, 3.8) is 0 Å². The van der Waals surface area contributed by atoms with Crippen molar-refractivity contribution in [3.05, 3.63) is 83.9 Å². The lowest BCUT2D eigenvalue weighted by Crippen LogP contribution is -2.47. The lowest BCUT2D eigenvalue weighted by molar-refractivity contribution is -0.148. The molecule has 0 aliphatic carbocycles. The van der Waals surface area contributed by atoms with Gasteiger partial charge in [-0.25, -0.2) is 13.2 Å². The molecule has 37 heavy (non-hydrogen) atoms. The van der Waals surface area contributed by atoms with Crippen LogP contribution in [-0.4, -0.2) is 46.6 Å². The first-order chi connectivity index (χ1) is 17.9. The van der Waals surface area contributed by atoms with Crippen LogP contribution in [0.2, 0.25) is 0 Å². The maximum absolute atomic E-state index is 13.4. The van der Waals surface area contributed by atoms with E-state index >= 15 is 0 Å². The lowest BCUT2D eigenvalue weighted by Gasteiger charge is -2.33. The SMILES string of the molecule is COC(=O)C1CN(C(=O)CCc2ccc(S(=O)(=O)N3CCCc4ccccc43)cc2)c2ccccc2O1. The average Bonchev–Trinajstić information content (AvgIpc) is 2.94. The highest BCUT2D eigenvalue weighted by atomic mass is 32.2. The summed E-state index contributed by atoms with van der Waals surface area (Å²) >= 11 is 0. The number of carbonyl (C=O) groups excluding carboxylic acids is 2. The third-order valence-electron chi connectivity index (χ3n) is 6.75. The Morgan fingerprint density at radius 3 is 2.43 bits per heavy atom. The molecule has 0 N–H and O–H groups in total. The van der Waals surface area contributed by atoms with Crippen molar-refractivity contribution >= 4 is 33.3 Å². The van der Waals surface area contributed by atoms with E-state index in [0.29, 0.717) is 24.4 Å². The first-order valence-electron chi connectivity index (χ1n) is 12.2. The average molecular weight is 521 g/mol. The molecule has 3 aromatic carbocycles. The van der Waals surface area contributed by atoms with Crippen molar-refractivity contribution in [1.82, 2.24) is 0 Å². The van der Waals surface area contributed by atoms with E-state index in [1.165, 1.54) is 11.4 Å². The van der Waals surface area contributed by atoms with Crippen molar-refractivity contribution in [3.8, 4) is 5.75 Å². The van der Waals surface area contributed by atoms with Crippen molar-refractivity contribution in [1.29, 1.82) is 0 Å². The second-order valence-corrected chi connectivity index (χ2v) is 10.9. The summed E-state index contributed by atoms with van der Waals surface area (Å²) in [6, 6.07) is 21.4. The number of methoxy groups -OCH3 is 1. The third-order valence-corrected chi connectivity index (χ3v) is 8.57. The predicted molar refractivity (Wildman–Crippen MR) is 139 cm³/mol. The Kier molecular flexibility index (Phi) is 6.88. The minimum Gasteiger partial charge on any atom is -0.475 e. The highest BCUT2D eigenvalue weighted by molar-refractivity contribution is 7.92. The van der Waals surface area contributed by atoms with Crippen LogP contribution in [0.1, 0.15) is 24.0 Å². The summed E-state index contributed by atoms with van der Waals surface area (Å²) in [6.45, 7) is 0.514. The fourth-order valence-corrected chi connectivity index (χ4v) is 6.36. The van der Waals surface area contributed by atoms with Gasteiger partial charge in [-0.1, -0.05) is 42.5 Å². The molecule has 3 aromatic rings. The van der Waals surface area contributed by atoms with Gasteiger partial charge in [-0.15, -0.1) is 0 Å². The molecule has 1 unspecified atom stereocenters. The summed E-state index contributed by atoms with van der Waals surface area (Å²) < 4.78 is 38.8. The largest absolute Gasteiger partial charge is 0.475 e. The summed E-state index contributed by atoms with van der Waals surface area (Å²) in [7, 11) is -2.41. The van der Waals surface area contributed by atoms with E-state index in [-0.39, 0.29) is 23.8 Å². The molecule has 0 saturated heterocycles. The quantitative estimate of drug-likeness (QED) is 0.460. The second-order valence-electron chi connectivity index (χ2n) is 9.06. The number of fused-ring (bicyclic) bond motifs is 2. The number of hydrogen-bond acceptors (Lipinski definition) is 6. The Morgan fingerprint density at radius 1 is 0.973 bits per heavy atom. The van der Waals surface area contributed by atoms with Crippen LogP contribution < -0.4 is 13.9 Å². The first kappa shape index (κ1) is 24.8. The van der Waals surface area contributed by atoms with Gasteiger partial charge in [0, 0.05) is 13.0 Å². The zero-order valence-electron chi connectivity index (χ0n) is 20.5. The first-order valence-corrected chi connectivity index (χ1v) is 13.7. The summed E-state index contributed by atoms with van der Waals surface area (Å²) in [6.07, 6.45) is 1.36. The number of aryl methyl sites for hydroxylation is 2. The molecule has 0 aromatic heterocycles. The molecular weight excluding hydrogens is 492 g/mol. The topological polar surface area (TPSA) is 93.2 Å². The van der Waals surface area contributed by atoms with Crippen molar-refractivity contribution < 1.29 is 27.5 Å². The van der Waals surface area contributed by atoms with E-state index in [4.69, 9.17) is 9.47 Å². The fourth-order valence-electron chi connectivity index (χ4n) is 4.82. The molecule has 0 bridgehead atoms. The van der Waals surface area contributed by atoms with Gasteiger partial charge in [-0.05, 0) is 60.7 Å². The molecule has 0 fully saturated rings. The number of sulfonamides is 1. The second kappa shape index (κ2) is 10.3. The number of anilines is 2. The monoisotopic (exact) mass is 520 g/mol. The minimum atomic E-state index is -3.69. The molecule has 1 atom stereocenters. The number of ether oxygens (including phenoxy) is 2. The summed E-state index contributed by atoms with van der Waals surface area (Å²) in [5.74, 6) is -0.252. The number of benzene rings is 3. The molecule has 192 valence electrons. The van der Waals surface area contributed by atoms with Gasteiger partial charge >= 0.3 is 5.97 Å². The molecule has 2 aliphatic heterocycles. The molecule has 8 nitrogen and oxygen atoms in total. The van der Waals surface area contributed by atoms with Gasteiger partial charge < -0.3 is 14.4 Å². The molecule has 0 radical (unpaired) electrons. The highest BCUT2D eigenvalue weighted by Gasteiger charge is 2.34. The summed E-state index contributed by atoms with van der Waals surface area (Å²) in [5, 5.41) is 0. The van der Waals surface area contributed by atoms with Gasteiger partial charge in [-0.3, -0.25) is 9.10 Å². The number of hydrogen-bond donors (Lipinski definition) is 0. The third kappa shape index (κ3) is 4.91. The normalized spacial score (nSPS) is 16.8.